The Morgan fingerprint density at radius 3 is 2.62 bits per heavy atom. The van der Waals surface area contributed by atoms with Crippen molar-refractivity contribution in [3.63, 3.8) is 0 Å². The Labute approximate surface area is 137 Å². The molecule has 110 valence electrons. The second kappa shape index (κ2) is 7.05. The standard InChI is InChI=1S/C16H16BrClN2O/c1-3-15(11-4-6-12(17)7-5-11)20-16(21)13-9-19-10(2)8-14(13)18/h4-9,15H,3H2,1-2H3,(H,20,21). The molecule has 2 rings (SSSR count). The second-order valence-electron chi connectivity index (χ2n) is 4.79. The maximum Gasteiger partial charge on any atom is 0.254 e. The molecule has 0 saturated carbocycles. The first-order valence-corrected chi connectivity index (χ1v) is 7.86. The first-order chi connectivity index (χ1) is 10.0. The van der Waals surface area contributed by atoms with Gasteiger partial charge in [-0.25, -0.2) is 0 Å². The third-order valence-corrected chi connectivity index (χ3v) is 4.06. The van der Waals surface area contributed by atoms with E-state index in [9.17, 15) is 4.79 Å². The van der Waals surface area contributed by atoms with Crippen molar-refractivity contribution in [1.29, 1.82) is 0 Å². The summed E-state index contributed by atoms with van der Waals surface area (Å²) in [5.74, 6) is -0.206. The summed E-state index contributed by atoms with van der Waals surface area (Å²) >= 11 is 9.52. The summed E-state index contributed by atoms with van der Waals surface area (Å²) in [4.78, 5) is 16.5. The number of hydrogen-bond acceptors (Lipinski definition) is 2. The van der Waals surface area contributed by atoms with Gasteiger partial charge in [-0.15, -0.1) is 0 Å². The van der Waals surface area contributed by atoms with E-state index in [1.807, 2.05) is 38.1 Å². The summed E-state index contributed by atoms with van der Waals surface area (Å²) in [5.41, 5.74) is 2.25. The SMILES string of the molecule is CCC(NC(=O)c1cnc(C)cc1Cl)c1ccc(Br)cc1. The highest BCUT2D eigenvalue weighted by Gasteiger charge is 2.16. The highest BCUT2D eigenvalue weighted by molar-refractivity contribution is 9.10. The predicted octanol–water partition coefficient (Wildman–Crippen LogP) is 4.69. The van der Waals surface area contributed by atoms with Crippen LogP contribution >= 0.6 is 27.5 Å². The van der Waals surface area contributed by atoms with E-state index in [4.69, 9.17) is 11.6 Å². The Hall–Kier alpha value is -1.39. The summed E-state index contributed by atoms with van der Waals surface area (Å²) in [5, 5.41) is 3.42. The zero-order chi connectivity index (χ0) is 15.4. The van der Waals surface area contributed by atoms with Gasteiger partial charge in [-0.05, 0) is 37.1 Å². The molecular formula is C16H16BrClN2O. The fourth-order valence-electron chi connectivity index (χ4n) is 2.05. The van der Waals surface area contributed by atoms with Crippen molar-refractivity contribution in [1.82, 2.24) is 10.3 Å². The number of amides is 1. The van der Waals surface area contributed by atoms with Gasteiger partial charge in [0.25, 0.3) is 5.91 Å². The van der Waals surface area contributed by atoms with Crippen LogP contribution in [-0.2, 0) is 0 Å². The quantitative estimate of drug-likeness (QED) is 0.852. The number of carbonyl (C=O) groups excluding carboxylic acids is 1. The van der Waals surface area contributed by atoms with Gasteiger partial charge in [0.05, 0.1) is 16.6 Å². The Morgan fingerprint density at radius 1 is 1.38 bits per heavy atom. The van der Waals surface area contributed by atoms with Gasteiger partial charge >= 0.3 is 0 Å². The lowest BCUT2D eigenvalue weighted by Crippen LogP contribution is -2.28. The fourth-order valence-corrected chi connectivity index (χ4v) is 2.60. The molecule has 0 aliphatic carbocycles. The number of hydrogen-bond donors (Lipinski definition) is 1. The van der Waals surface area contributed by atoms with Crippen LogP contribution in [0, 0.1) is 6.92 Å². The number of nitrogens with zero attached hydrogens (tertiary/aromatic N) is 1. The van der Waals surface area contributed by atoms with Crippen molar-refractivity contribution in [3.05, 3.63) is 62.8 Å². The molecule has 0 radical (unpaired) electrons. The van der Waals surface area contributed by atoms with Crippen molar-refractivity contribution in [3.8, 4) is 0 Å². The molecule has 1 unspecified atom stereocenters. The first kappa shape index (κ1) is 16.0. The molecule has 1 atom stereocenters. The lowest BCUT2D eigenvalue weighted by atomic mass is 10.0. The molecule has 1 N–H and O–H groups in total. The summed E-state index contributed by atoms with van der Waals surface area (Å²) in [7, 11) is 0. The molecule has 0 saturated heterocycles. The molecule has 0 aliphatic rings. The van der Waals surface area contributed by atoms with Crippen LogP contribution in [0.15, 0.2) is 41.0 Å². The monoisotopic (exact) mass is 366 g/mol. The van der Waals surface area contributed by atoms with Gasteiger partial charge in [-0.3, -0.25) is 9.78 Å². The molecule has 0 aliphatic heterocycles. The Balaban J connectivity index is 2.18. The van der Waals surface area contributed by atoms with Crippen LogP contribution < -0.4 is 5.32 Å². The fraction of sp³-hybridized carbons (Fsp3) is 0.250. The molecule has 1 heterocycles. The van der Waals surface area contributed by atoms with Crippen LogP contribution in [-0.4, -0.2) is 10.9 Å². The van der Waals surface area contributed by atoms with Gasteiger partial charge in [0, 0.05) is 16.4 Å². The first-order valence-electron chi connectivity index (χ1n) is 6.69. The largest absolute Gasteiger partial charge is 0.345 e. The van der Waals surface area contributed by atoms with Gasteiger partial charge < -0.3 is 5.32 Å². The molecule has 1 amide bonds. The van der Waals surface area contributed by atoms with Crippen LogP contribution in [0.2, 0.25) is 5.02 Å². The van der Waals surface area contributed by atoms with E-state index >= 15 is 0 Å². The minimum Gasteiger partial charge on any atom is -0.345 e. The van der Waals surface area contributed by atoms with E-state index in [1.165, 1.54) is 6.20 Å². The summed E-state index contributed by atoms with van der Waals surface area (Å²) in [6.07, 6.45) is 2.31. The lowest BCUT2D eigenvalue weighted by molar-refractivity contribution is 0.0935. The van der Waals surface area contributed by atoms with Crippen LogP contribution in [0.4, 0.5) is 0 Å². The summed E-state index contributed by atoms with van der Waals surface area (Å²) in [6, 6.07) is 9.55. The average Bonchev–Trinajstić information content (AvgIpc) is 2.45. The van der Waals surface area contributed by atoms with Crippen LogP contribution in [0.5, 0.6) is 0 Å². The molecule has 0 spiro atoms. The van der Waals surface area contributed by atoms with E-state index in [2.05, 4.69) is 26.2 Å². The summed E-state index contributed by atoms with van der Waals surface area (Å²) < 4.78 is 1.01. The summed E-state index contributed by atoms with van der Waals surface area (Å²) in [6.45, 7) is 3.87. The minimum absolute atomic E-state index is 0.0528. The molecule has 0 fully saturated rings. The molecule has 2 aromatic rings. The Morgan fingerprint density at radius 2 is 2.05 bits per heavy atom. The maximum atomic E-state index is 12.3. The average molecular weight is 368 g/mol. The Kier molecular flexibility index (Phi) is 5.37. The van der Waals surface area contributed by atoms with Crippen molar-refractivity contribution in [2.45, 2.75) is 26.3 Å². The lowest BCUT2D eigenvalue weighted by Gasteiger charge is -2.18. The highest BCUT2D eigenvalue weighted by atomic mass is 79.9. The van der Waals surface area contributed by atoms with Gasteiger partial charge in [0.15, 0.2) is 0 Å². The minimum atomic E-state index is -0.206. The molecule has 1 aromatic heterocycles. The normalized spacial score (nSPS) is 12.0. The molecule has 3 nitrogen and oxygen atoms in total. The van der Waals surface area contributed by atoms with E-state index in [0.717, 1.165) is 22.2 Å². The highest BCUT2D eigenvalue weighted by Crippen LogP contribution is 2.21. The number of benzene rings is 1. The van der Waals surface area contributed by atoms with Gasteiger partial charge in [0.2, 0.25) is 0 Å². The Bertz CT molecular complexity index is 643. The van der Waals surface area contributed by atoms with Gasteiger partial charge in [-0.2, -0.15) is 0 Å². The number of carbonyl (C=O) groups is 1. The number of aryl methyl sites for hydroxylation is 1. The zero-order valence-electron chi connectivity index (χ0n) is 11.9. The van der Waals surface area contributed by atoms with Crippen molar-refractivity contribution < 1.29 is 4.79 Å². The molecule has 0 bridgehead atoms. The van der Waals surface area contributed by atoms with Crippen LogP contribution in [0.3, 0.4) is 0 Å². The van der Waals surface area contributed by atoms with Gasteiger partial charge in [-0.1, -0.05) is 46.6 Å². The van der Waals surface area contributed by atoms with Gasteiger partial charge in [0.1, 0.15) is 0 Å². The number of rotatable bonds is 4. The second-order valence-corrected chi connectivity index (χ2v) is 6.11. The third kappa shape index (κ3) is 4.05. The van der Waals surface area contributed by atoms with E-state index in [0.29, 0.717) is 10.6 Å². The number of halogens is 2. The predicted molar refractivity (Wildman–Crippen MR) is 88.6 cm³/mol. The van der Waals surface area contributed by atoms with E-state index < -0.39 is 0 Å². The van der Waals surface area contributed by atoms with Crippen LogP contribution in [0.1, 0.15) is 41.0 Å². The van der Waals surface area contributed by atoms with Crippen molar-refractivity contribution in [2.24, 2.45) is 0 Å². The van der Waals surface area contributed by atoms with E-state index in [1.54, 1.807) is 6.07 Å². The van der Waals surface area contributed by atoms with Crippen molar-refractivity contribution >= 4 is 33.4 Å². The topological polar surface area (TPSA) is 42.0 Å². The number of aromatic nitrogens is 1. The maximum absolute atomic E-state index is 12.3. The van der Waals surface area contributed by atoms with E-state index in [-0.39, 0.29) is 11.9 Å². The third-order valence-electron chi connectivity index (χ3n) is 3.22. The van der Waals surface area contributed by atoms with Crippen molar-refractivity contribution in [2.75, 3.05) is 0 Å². The number of nitrogens with one attached hydrogen (secondary N) is 1. The molecular weight excluding hydrogens is 352 g/mol. The van der Waals surface area contributed by atoms with Crippen LogP contribution in [0.25, 0.3) is 0 Å². The smallest absolute Gasteiger partial charge is 0.254 e. The number of pyridine rings is 1. The molecule has 21 heavy (non-hydrogen) atoms. The molecule has 5 heteroatoms. The molecule has 1 aromatic carbocycles. The zero-order valence-corrected chi connectivity index (χ0v) is 14.2.